The molecule has 0 radical (unpaired) electrons. The molecule has 0 aliphatic heterocycles. The van der Waals surface area contributed by atoms with Crippen molar-refractivity contribution in [3.05, 3.63) is 59.7 Å². The molecule has 0 saturated heterocycles. The molecule has 2 aromatic carbocycles. The Labute approximate surface area is 156 Å². The number of esters is 1. The number of carbonyl (C=O) groups is 2. The maximum absolute atomic E-state index is 12.1. The first-order valence-corrected chi connectivity index (χ1v) is 8.11. The summed E-state index contributed by atoms with van der Waals surface area (Å²) in [5.74, 6) is -0.784. The molecule has 136 valence electrons. The number of rotatable bonds is 6. The summed E-state index contributed by atoms with van der Waals surface area (Å²) >= 11 is 0. The van der Waals surface area contributed by atoms with E-state index in [2.05, 4.69) is 5.32 Å². The van der Waals surface area contributed by atoms with Crippen LogP contribution in [0.1, 0.15) is 25.0 Å². The standard InChI is InChI=1S/C20H17N3O4/c1-13(19(24)23-17-7-3-15(11-21)4-8-17)27-20(25)14(2)26-18-9-5-16(12-22)6-10-18/h3-10,13-14H,1-2H3,(H,23,24)/t13-,14+/m0/s1. The predicted octanol–water partition coefficient (Wildman–Crippen LogP) is 2.77. The van der Waals surface area contributed by atoms with Crippen LogP contribution in [0.25, 0.3) is 0 Å². The van der Waals surface area contributed by atoms with Gasteiger partial charge in [0.05, 0.1) is 23.3 Å². The van der Waals surface area contributed by atoms with Gasteiger partial charge in [-0.3, -0.25) is 4.79 Å². The van der Waals surface area contributed by atoms with Crippen LogP contribution in [0.5, 0.6) is 5.75 Å². The maximum atomic E-state index is 12.1. The summed E-state index contributed by atoms with van der Waals surface area (Å²) in [6.07, 6.45) is -1.96. The van der Waals surface area contributed by atoms with E-state index >= 15 is 0 Å². The van der Waals surface area contributed by atoms with Crippen molar-refractivity contribution >= 4 is 17.6 Å². The van der Waals surface area contributed by atoms with Crippen LogP contribution in [-0.4, -0.2) is 24.1 Å². The molecule has 0 aliphatic rings. The third-order valence-corrected chi connectivity index (χ3v) is 3.57. The predicted molar refractivity (Wildman–Crippen MR) is 96.6 cm³/mol. The molecule has 0 bridgehead atoms. The lowest BCUT2D eigenvalue weighted by atomic mass is 10.2. The van der Waals surface area contributed by atoms with Gasteiger partial charge in [-0.25, -0.2) is 4.79 Å². The summed E-state index contributed by atoms with van der Waals surface area (Å²) in [4.78, 5) is 24.2. The number of nitrogens with zero attached hydrogens (tertiary/aromatic N) is 2. The van der Waals surface area contributed by atoms with Crippen molar-refractivity contribution in [3.8, 4) is 17.9 Å². The Balaban J connectivity index is 1.87. The van der Waals surface area contributed by atoms with Gasteiger partial charge in [-0.05, 0) is 62.4 Å². The van der Waals surface area contributed by atoms with Gasteiger partial charge in [0.1, 0.15) is 5.75 Å². The summed E-state index contributed by atoms with van der Waals surface area (Å²) in [7, 11) is 0. The number of amides is 1. The van der Waals surface area contributed by atoms with Crippen molar-refractivity contribution in [1.82, 2.24) is 0 Å². The zero-order chi connectivity index (χ0) is 19.8. The molecule has 0 saturated carbocycles. The Morgan fingerprint density at radius 1 is 0.889 bits per heavy atom. The smallest absolute Gasteiger partial charge is 0.347 e. The number of ether oxygens (including phenoxy) is 2. The second-order valence-electron chi connectivity index (χ2n) is 5.65. The number of anilines is 1. The van der Waals surface area contributed by atoms with E-state index in [-0.39, 0.29) is 0 Å². The lowest BCUT2D eigenvalue weighted by Gasteiger charge is -2.18. The average Bonchev–Trinajstić information content (AvgIpc) is 2.68. The maximum Gasteiger partial charge on any atom is 0.347 e. The molecule has 0 spiro atoms. The van der Waals surface area contributed by atoms with Crippen LogP contribution in [0.4, 0.5) is 5.69 Å². The molecule has 2 rings (SSSR count). The van der Waals surface area contributed by atoms with Crippen molar-refractivity contribution in [3.63, 3.8) is 0 Å². The van der Waals surface area contributed by atoms with Gasteiger partial charge in [0, 0.05) is 5.69 Å². The molecule has 1 amide bonds. The van der Waals surface area contributed by atoms with E-state index in [0.29, 0.717) is 22.6 Å². The SMILES string of the molecule is C[C@H](OC(=O)[C@@H](C)Oc1ccc(C#N)cc1)C(=O)Nc1ccc(C#N)cc1. The first-order chi connectivity index (χ1) is 12.9. The third-order valence-electron chi connectivity index (χ3n) is 3.57. The highest BCUT2D eigenvalue weighted by Gasteiger charge is 2.23. The van der Waals surface area contributed by atoms with E-state index in [1.807, 2.05) is 12.1 Å². The summed E-state index contributed by atoms with van der Waals surface area (Å²) in [6.45, 7) is 2.96. The number of carbonyl (C=O) groups excluding carboxylic acids is 2. The van der Waals surface area contributed by atoms with E-state index in [9.17, 15) is 9.59 Å². The fourth-order valence-corrected chi connectivity index (χ4v) is 2.06. The van der Waals surface area contributed by atoms with Crippen molar-refractivity contribution < 1.29 is 19.1 Å². The molecule has 1 N–H and O–H groups in total. The Bertz CT molecular complexity index is 893. The quantitative estimate of drug-likeness (QED) is 0.790. The first-order valence-electron chi connectivity index (χ1n) is 8.11. The lowest BCUT2D eigenvalue weighted by molar-refractivity contribution is -0.159. The number of benzene rings is 2. The number of hydrogen-bond donors (Lipinski definition) is 1. The molecule has 0 aliphatic carbocycles. The number of nitriles is 2. The minimum Gasteiger partial charge on any atom is -0.479 e. The van der Waals surface area contributed by atoms with Crippen LogP contribution in [0.15, 0.2) is 48.5 Å². The Hall–Kier alpha value is -3.84. The van der Waals surface area contributed by atoms with Gasteiger partial charge in [0.15, 0.2) is 12.2 Å². The second-order valence-corrected chi connectivity index (χ2v) is 5.65. The van der Waals surface area contributed by atoms with Crippen molar-refractivity contribution in [2.75, 3.05) is 5.32 Å². The fraction of sp³-hybridized carbons (Fsp3) is 0.200. The van der Waals surface area contributed by atoms with Crippen LogP contribution in [0, 0.1) is 22.7 Å². The van der Waals surface area contributed by atoms with Crippen molar-refractivity contribution in [2.45, 2.75) is 26.1 Å². The number of nitrogens with one attached hydrogen (secondary N) is 1. The largest absolute Gasteiger partial charge is 0.479 e. The van der Waals surface area contributed by atoms with E-state index in [1.54, 1.807) is 48.5 Å². The third kappa shape index (κ3) is 5.58. The van der Waals surface area contributed by atoms with Gasteiger partial charge in [0.25, 0.3) is 5.91 Å². The van der Waals surface area contributed by atoms with Crippen LogP contribution in [0.3, 0.4) is 0 Å². The highest BCUT2D eigenvalue weighted by atomic mass is 16.6. The first kappa shape index (κ1) is 19.5. The van der Waals surface area contributed by atoms with Crippen LogP contribution < -0.4 is 10.1 Å². The minimum absolute atomic E-state index is 0.410. The van der Waals surface area contributed by atoms with Crippen LogP contribution in [0.2, 0.25) is 0 Å². The topological polar surface area (TPSA) is 112 Å². The normalized spacial score (nSPS) is 12.0. The van der Waals surface area contributed by atoms with E-state index in [4.69, 9.17) is 20.0 Å². The molecule has 7 heteroatoms. The minimum atomic E-state index is -1.03. The summed E-state index contributed by atoms with van der Waals surface area (Å²) in [5, 5.41) is 20.1. The zero-order valence-electron chi connectivity index (χ0n) is 14.8. The second kappa shape index (κ2) is 9.02. The monoisotopic (exact) mass is 363 g/mol. The molecular weight excluding hydrogens is 346 g/mol. The Morgan fingerprint density at radius 3 is 1.93 bits per heavy atom. The lowest BCUT2D eigenvalue weighted by Crippen LogP contribution is -2.35. The van der Waals surface area contributed by atoms with Gasteiger partial charge in [-0.15, -0.1) is 0 Å². The molecule has 0 heterocycles. The van der Waals surface area contributed by atoms with Gasteiger partial charge in [-0.2, -0.15) is 10.5 Å². The highest BCUT2D eigenvalue weighted by molar-refractivity contribution is 5.95. The van der Waals surface area contributed by atoms with Crippen LogP contribution >= 0.6 is 0 Å². The molecule has 0 unspecified atom stereocenters. The molecule has 7 nitrogen and oxygen atoms in total. The van der Waals surface area contributed by atoms with Crippen LogP contribution in [-0.2, 0) is 14.3 Å². The van der Waals surface area contributed by atoms with E-state index < -0.39 is 24.1 Å². The zero-order valence-corrected chi connectivity index (χ0v) is 14.8. The average molecular weight is 363 g/mol. The van der Waals surface area contributed by atoms with Crippen molar-refractivity contribution in [1.29, 1.82) is 10.5 Å². The van der Waals surface area contributed by atoms with Gasteiger partial charge in [-0.1, -0.05) is 0 Å². The van der Waals surface area contributed by atoms with Gasteiger partial charge < -0.3 is 14.8 Å². The summed E-state index contributed by atoms with van der Waals surface area (Å²) < 4.78 is 10.6. The molecule has 0 aromatic heterocycles. The van der Waals surface area contributed by atoms with Gasteiger partial charge in [0.2, 0.25) is 0 Å². The van der Waals surface area contributed by atoms with Gasteiger partial charge >= 0.3 is 5.97 Å². The molecule has 27 heavy (non-hydrogen) atoms. The Morgan fingerprint density at radius 2 is 1.41 bits per heavy atom. The van der Waals surface area contributed by atoms with E-state index in [1.165, 1.54) is 13.8 Å². The van der Waals surface area contributed by atoms with E-state index in [0.717, 1.165) is 0 Å². The molecule has 2 atom stereocenters. The molecule has 0 fully saturated rings. The Kier molecular flexibility index (Phi) is 6.51. The fourth-order valence-electron chi connectivity index (χ4n) is 2.06. The molecule has 2 aromatic rings. The highest BCUT2D eigenvalue weighted by Crippen LogP contribution is 2.15. The summed E-state index contributed by atoms with van der Waals surface area (Å²) in [6, 6.07) is 16.6. The van der Waals surface area contributed by atoms with Crippen molar-refractivity contribution in [2.24, 2.45) is 0 Å². The summed E-state index contributed by atoms with van der Waals surface area (Å²) in [5.41, 5.74) is 1.44. The number of hydrogen-bond acceptors (Lipinski definition) is 6. The molecular formula is C20H17N3O4.